The maximum Gasteiger partial charge on any atom is 0.446 e. The van der Waals surface area contributed by atoms with E-state index in [9.17, 15) is 18.0 Å². The van der Waals surface area contributed by atoms with Gasteiger partial charge in [-0.25, -0.2) is 4.79 Å². The van der Waals surface area contributed by atoms with Crippen molar-refractivity contribution in [3.63, 3.8) is 0 Å². The summed E-state index contributed by atoms with van der Waals surface area (Å²) in [4.78, 5) is 10.6. The Morgan fingerprint density at radius 2 is 2.11 bits per heavy atom. The fraction of sp³-hybridized carbons (Fsp3) is 0.200. The molecule has 0 heterocycles. The van der Waals surface area contributed by atoms with Crippen LogP contribution in [0.15, 0.2) is 17.0 Å². The first-order valence-electron chi connectivity index (χ1n) is 4.55. The van der Waals surface area contributed by atoms with Crippen molar-refractivity contribution in [3.05, 3.63) is 28.8 Å². The van der Waals surface area contributed by atoms with Gasteiger partial charge in [0.25, 0.3) is 0 Å². The van der Waals surface area contributed by atoms with Crippen molar-refractivity contribution in [2.45, 2.75) is 16.9 Å². The Kier molecular flexibility index (Phi) is 4.21. The molecule has 1 rings (SSSR count). The molecule has 0 amide bonds. The van der Waals surface area contributed by atoms with Gasteiger partial charge >= 0.3 is 11.5 Å². The van der Waals surface area contributed by atoms with E-state index in [1.807, 2.05) is 0 Å². The smallest absolute Gasteiger partial charge is 0.446 e. The van der Waals surface area contributed by atoms with E-state index < -0.39 is 23.2 Å². The average molecular weight is 276 g/mol. The van der Waals surface area contributed by atoms with Gasteiger partial charge in [-0.15, -0.1) is 0 Å². The molecule has 18 heavy (non-hydrogen) atoms. The second kappa shape index (κ2) is 5.29. The van der Waals surface area contributed by atoms with E-state index >= 15 is 0 Å². The second-order valence-corrected chi connectivity index (χ2v) is 4.24. The van der Waals surface area contributed by atoms with Crippen LogP contribution in [-0.2, 0) is 6.54 Å². The molecule has 0 saturated carbocycles. The first kappa shape index (κ1) is 14.3. The van der Waals surface area contributed by atoms with Crippen LogP contribution in [0.4, 0.5) is 13.2 Å². The zero-order valence-corrected chi connectivity index (χ0v) is 9.60. The molecule has 0 bridgehead atoms. The summed E-state index contributed by atoms with van der Waals surface area (Å²) in [5, 5.41) is 17.7. The molecule has 0 aliphatic heterocycles. The van der Waals surface area contributed by atoms with E-state index in [4.69, 9.17) is 16.1 Å². The summed E-state index contributed by atoms with van der Waals surface area (Å²) >= 11 is -0.422. The van der Waals surface area contributed by atoms with Crippen molar-refractivity contribution in [1.29, 1.82) is 5.26 Å². The minimum atomic E-state index is -4.53. The monoisotopic (exact) mass is 276 g/mol. The van der Waals surface area contributed by atoms with Crippen LogP contribution in [0.5, 0.6) is 0 Å². The van der Waals surface area contributed by atoms with E-state index in [0.717, 1.165) is 12.1 Å². The summed E-state index contributed by atoms with van der Waals surface area (Å²) < 4.78 is 36.8. The van der Waals surface area contributed by atoms with Gasteiger partial charge in [-0.1, -0.05) is 0 Å². The number of nitrogens with zero attached hydrogens (tertiary/aromatic N) is 1. The van der Waals surface area contributed by atoms with E-state index in [1.165, 1.54) is 0 Å². The quantitative estimate of drug-likeness (QED) is 0.827. The Hall–Kier alpha value is -1.72. The molecular formula is C10H7F3N2O2S. The fourth-order valence-electron chi connectivity index (χ4n) is 1.36. The molecule has 0 aliphatic rings. The zero-order valence-electron chi connectivity index (χ0n) is 8.78. The van der Waals surface area contributed by atoms with Gasteiger partial charge in [0.05, 0.1) is 11.1 Å². The minimum absolute atomic E-state index is 0.111. The van der Waals surface area contributed by atoms with Crippen LogP contribution in [0.1, 0.15) is 21.5 Å². The third-order valence-electron chi connectivity index (χ3n) is 2.04. The number of carboxylic acids is 1. The van der Waals surface area contributed by atoms with Crippen LogP contribution < -0.4 is 5.73 Å². The van der Waals surface area contributed by atoms with E-state index in [-0.39, 0.29) is 28.1 Å². The summed E-state index contributed by atoms with van der Waals surface area (Å²) in [5.74, 6) is -1.38. The van der Waals surface area contributed by atoms with Crippen LogP contribution in [0.2, 0.25) is 0 Å². The van der Waals surface area contributed by atoms with E-state index in [2.05, 4.69) is 0 Å². The number of hydrogen-bond donors (Lipinski definition) is 2. The molecule has 1 aromatic rings. The first-order chi connectivity index (χ1) is 8.30. The molecule has 0 radical (unpaired) electrons. The Morgan fingerprint density at radius 1 is 1.50 bits per heavy atom. The summed E-state index contributed by atoms with van der Waals surface area (Å²) in [6.07, 6.45) is 0. The lowest BCUT2D eigenvalue weighted by molar-refractivity contribution is -0.0328. The number of thioether (sulfide) groups is 1. The van der Waals surface area contributed by atoms with Gasteiger partial charge in [-0.3, -0.25) is 0 Å². The number of aromatic carboxylic acids is 1. The van der Waals surface area contributed by atoms with Crippen molar-refractivity contribution in [2.24, 2.45) is 5.73 Å². The number of alkyl halides is 3. The van der Waals surface area contributed by atoms with Crippen LogP contribution in [-0.4, -0.2) is 16.6 Å². The van der Waals surface area contributed by atoms with Crippen LogP contribution >= 0.6 is 11.8 Å². The van der Waals surface area contributed by atoms with Gasteiger partial charge in [-0.05, 0) is 29.5 Å². The Balaban J connectivity index is 3.41. The largest absolute Gasteiger partial charge is 0.478 e. The summed E-state index contributed by atoms with van der Waals surface area (Å²) in [7, 11) is 0. The number of carboxylic acid groups (broad SMARTS) is 1. The third kappa shape index (κ3) is 3.15. The Bertz CT molecular complexity index is 523. The molecule has 0 spiro atoms. The normalized spacial score (nSPS) is 11.1. The number of nitriles is 1. The summed E-state index contributed by atoms with van der Waals surface area (Å²) in [6, 6.07) is 3.55. The molecule has 1 aromatic carbocycles. The molecule has 0 atom stereocenters. The van der Waals surface area contributed by atoms with Crippen molar-refractivity contribution >= 4 is 17.7 Å². The van der Waals surface area contributed by atoms with Gasteiger partial charge in [0, 0.05) is 11.4 Å². The van der Waals surface area contributed by atoms with Crippen molar-refractivity contribution in [3.8, 4) is 6.07 Å². The Morgan fingerprint density at radius 3 is 2.50 bits per heavy atom. The van der Waals surface area contributed by atoms with Crippen LogP contribution in [0, 0.1) is 11.3 Å². The minimum Gasteiger partial charge on any atom is -0.478 e. The molecule has 8 heteroatoms. The lowest BCUT2D eigenvalue weighted by Crippen LogP contribution is -2.10. The number of nitrogens with two attached hydrogens (primary N) is 1. The predicted octanol–water partition coefficient (Wildman–Crippen LogP) is 2.33. The predicted molar refractivity (Wildman–Crippen MR) is 57.9 cm³/mol. The summed E-state index contributed by atoms with van der Waals surface area (Å²) in [5.41, 5.74) is -0.0386. The molecule has 96 valence electrons. The SMILES string of the molecule is N#Cc1c(C(=O)O)ccc(SC(F)(F)F)c1CN. The van der Waals surface area contributed by atoms with Gasteiger partial charge < -0.3 is 10.8 Å². The highest BCUT2D eigenvalue weighted by molar-refractivity contribution is 8.00. The molecule has 0 fully saturated rings. The number of benzene rings is 1. The van der Waals surface area contributed by atoms with Gasteiger partial charge in [0.15, 0.2) is 0 Å². The van der Waals surface area contributed by atoms with Gasteiger partial charge in [-0.2, -0.15) is 18.4 Å². The lowest BCUT2D eigenvalue weighted by atomic mass is 10.0. The Labute approximate surface area is 104 Å². The van der Waals surface area contributed by atoms with Crippen LogP contribution in [0.3, 0.4) is 0 Å². The first-order valence-corrected chi connectivity index (χ1v) is 5.37. The maximum atomic E-state index is 12.3. The number of hydrogen-bond acceptors (Lipinski definition) is 4. The maximum absolute atomic E-state index is 12.3. The highest BCUT2D eigenvalue weighted by Crippen LogP contribution is 2.39. The molecule has 0 aromatic heterocycles. The highest BCUT2D eigenvalue weighted by atomic mass is 32.2. The summed E-state index contributed by atoms with van der Waals surface area (Å²) in [6.45, 7) is -0.345. The molecular weight excluding hydrogens is 269 g/mol. The second-order valence-electron chi connectivity index (χ2n) is 3.13. The van der Waals surface area contributed by atoms with Crippen molar-refractivity contribution in [1.82, 2.24) is 0 Å². The fourth-order valence-corrected chi connectivity index (χ4v) is 2.05. The molecule has 0 saturated heterocycles. The van der Waals surface area contributed by atoms with Gasteiger partial charge in [0.1, 0.15) is 6.07 Å². The van der Waals surface area contributed by atoms with Crippen LogP contribution in [0.25, 0.3) is 0 Å². The van der Waals surface area contributed by atoms with E-state index in [1.54, 1.807) is 6.07 Å². The molecule has 0 aliphatic carbocycles. The lowest BCUT2D eigenvalue weighted by Gasteiger charge is -2.12. The standard InChI is InChI=1S/C10H7F3N2O2S/c11-10(12,13)18-8-2-1-5(9(16)17)6(3-14)7(8)4-15/h1-2H,4,15H2,(H,16,17). The van der Waals surface area contributed by atoms with Gasteiger partial charge in [0.2, 0.25) is 0 Å². The zero-order chi connectivity index (χ0) is 13.9. The number of carbonyl (C=O) groups is 1. The van der Waals surface area contributed by atoms with E-state index in [0.29, 0.717) is 0 Å². The van der Waals surface area contributed by atoms with Crippen molar-refractivity contribution < 1.29 is 23.1 Å². The topological polar surface area (TPSA) is 87.1 Å². The number of halogens is 3. The molecule has 3 N–H and O–H groups in total. The number of rotatable bonds is 3. The van der Waals surface area contributed by atoms with Crippen molar-refractivity contribution in [2.75, 3.05) is 0 Å². The average Bonchev–Trinajstić information content (AvgIpc) is 2.25. The molecule has 0 unspecified atom stereocenters. The highest BCUT2D eigenvalue weighted by Gasteiger charge is 2.31. The molecule has 4 nitrogen and oxygen atoms in total. The third-order valence-corrected chi connectivity index (χ3v) is 2.88.